The number of nitrogens with zero attached hydrogens (tertiary/aromatic N) is 4. The molecule has 0 fully saturated rings. The summed E-state index contributed by atoms with van der Waals surface area (Å²) in [4.78, 5) is 52.7. The summed E-state index contributed by atoms with van der Waals surface area (Å²) in [7, 11) is 0. The number of benzene rings is 2. The van der Waals surface area contributed by atoms with Crippen LogP contribution in [0.2, 0.25) is 0 Å². The lowest BCUT2D eigenvalue weighted by atomic mass is 10.0. The minimum Gasteiger partial charge on any atom is -0.475 e. The van der Waals surface area contributed by atoms with Crippen LogP contribution in [-0.2, 0) is 40.4 Å². The summed E-state index contributed by atoms with van der Waals surface area (Å²) in [6.45, 7) is 1.60. The molecule has 3 heterocycles. The molecule has 15 heteroatoms. The highest BCUT2D eigenvalue weighted by Crippen LogP contribution is 2.26. The number of hydrogen-bond donors (Lipinski definition) is 3. The van der Waals surface area contributed by atoms with Crippen LogP contribution in [0.15, 0.2) is 79.1 Å². The van der Waals surface area contributed by atoms with Crippen LogP contribution < -0.4 is 11.1 Å². The number of nitrogens with one attached hydrogen (secondary N) is 1. The van der Waals surface area contributed by atoms with E-state index in [1.165, 1.54) is 16.9 Å². The maximum Gasteiger partial charge on any atom is 0.490 e. The number of primary amides is 1. The fraction of sp³-hybridized carbons (Fsp3) is 0.200. The Morgan fingerprint density at radius 3 is 2.33 bits per heavy atom. The van der Waals surface area contributed by atoms with Crippen molar-refractivity contribution < 1.29 is 41.8 Å². The largest absolute Gasteiger partial charge is 0.490 e. The number of halogens is 4. The number of amides is 2. The summed E-state index contributed by atoms with van der Waals surface area (Å²) in [5.74, 6) is -5.31. The van der Waals surface area contributed by atoms with Crippen LogP contribution in [0.4, 0.5) is 17.6 Å². The first-order valence-electron chi connectivity index (χ1n) is 13.3. The van der Waals surface area contributed by atoms with Crippen LogP contribution >= 0.6 is 0 Å². The van der Waals surface area contributed by atoms with Gasteiger partial charge < -0.3 is 16.2 Å². The second-order valence-corrected chi connectivity index (χ2v) is 9.90. The van der Waals surface area contributed by atoms with E-state index in [1.54, 1.807) is 48.7 Å². The highest BCUT2D eigenvalue weighted by atomic mass is 19.4. The van der Waals surface area contributed by atoms with Crippen molar-refractivity contribution in [2.45, 2.75) is 38.3 Å². The molecular formula is C30H26F4N6O5. The third kappa shape index (κ3) is 8.35. The number of carbonyl (C=O) groups excluding carboxylic acids is 3. The second-order valence-electron chi connectivity index (χ2n) is 9.90. The van der Waals surface area contributed by atoms with Crippen LogP contribution in [-0.4, -0.2) is 60.6 Å². The molecule has 0 aliphatic carbocycles. The van der Waals surface area contributed by atoms with Crippen LogP contribution in [0.3, 0.4) is 0 Å². The van der Waals surface area contributed by atoms with Crippen LogP contribution in [0.1, 0.15) is 32.7 Å². The van der Waals surface area contributed by atoms with E-state index in [1.807, 2.05) is 18.2 Å². The van der Waals surface area contributed by atoms with Gasteiger partial charge in [-0.15, -0.1) is 0 Å². The van der Waals surface area contributed by atoms with Crippen molar-refractivity contribution in [3.05, 3.63) is 113 Å². The minimum atomic E-state index is -5.08. The predicted molar refractivity (Wildman–Crippen MR) is 150 cm³/mol. The molecule has 0 spiro atoms. The van der Waals surface area contributed by atoms with Gasteiger partial charge in [0.25, 0.3) is 11.8 Å². The number of carboxylic acid groups (broad SMARTS) is 1. The molecular weight excluding hydrogens is 600 g/mol. The molecule has 2 aromatic heterocycles. The maximum absolute atomic E-state index is 14.1. The predicted octanol–water partition coefficient (Wildman–Crippen LogP) is 2.95. The zero-order valence-corrected chi connectivity index (χ0v) is 23.4. The van der Waals surface area contributed by atoms with Gasteiger partial charge in [-0.1, -0.05) is 42.5 Å². The molecule has 0 radical (unpaired) electrons. The molecule has 5 rings (SSSR count). The van der Waals surface area contributed by atoms with Crippen LogP contribution in [0.5, 0.6) is 0 Å². The van der Waals surface area contributed by atoms with Crippen molar-refractivity contribution in [2.75, 3.05) is 0 Å². The van der Waals surface area contributed by atoms with Gasteiger partial charge in [0.15, 0.2) is 5.82 Å². The molecule has 1 unspecified atom stereocenters. The molecule has 1 atom stereocenters. The Kier molecular flexibility index (Phi) is 10.0. The topological polar surface area (TPSA) is 161 Å². The van der Waals surface area contributed by atoms with Crippen molar-refractivity contribution in [1.82, 2.24) is 25.0 Å². The number of carbonyl (C=O) groups is 4. The maximum atomic E-state index is 14.1. The number of alkyl halides is 3. The zero-order valence-electron chi connectivity index (χ0n) is 23.4. The van der Waals surface area contributed by atoms with Crippen molar-refractivity contribution >= 4 is 23.6 Å². The number of Topliss-reactive ketones (excluding diaryl/α,β-unsaturated/α-hetero) is 1. The molecule has 4 aromatic rings. The van der Waals surface area contributed by atoms with E-state index in [2.05, 4.69) is 20.3 Å². The molecule has 11 nitrogen and oxygen atoms in total. The first-order valence-corrected chi connectivity index (χ1v) is 13.3. The van der Waals surface area contributed by atoms with E-state index < -0.39 is 35.8 Å². The highest BCUT2D eigenvalue weighted by molar-refractivity contribution is 6.38. The summed E-state index contributed by atoms with van der Waals surface area (Å²) < 4.78 is 47.3. The van der Waals surface area contributed by atoms with Gasteiger partial charge in [-0.2, -0.15) is 18.3 Å². The van der Waals surface area contributed by atoms with E-state index >= 15 is 0 Å². The standard InChI is InChI=1S/C28H25FN6O3.C2HF3O2/c29-23-10-4-8-19-15-34(17-22(19)23)16-20-11-13-35(33-20)27-21(9-5-12-31-27)28(38)32-24(25(36)26(30)37)14-18-6-2-1-3-7-18;3-2(4,5)1(6)7/h1-13,24H,14-17H2,(H2,30,37)(H,32,38);(H,6,7). The van der Waals surface area contributed by atoms with Crippen LogP contribution in [0, 0.1) is 5.82 Å². The molecule has 2 aromatic carbocycles. The number of pyridine rings is 1. The van der Waals surface area contributed by atoms with Gasteiger partial charge in [0.2, 0.25) is 5.78 Å². The Morgan fingerprint density at radius 2 is 1.69 bits per heavy atom. The molecule has 2 amide bonds. The molecule has 45 heavy (non-hydrogen) atoms. The van der Waals surface area contributed by atoms with Gasteiger partial charge in [-0.25, -0.2) is 18.9 Å². The molecule has 0 bridgehead atoms. The van der Waals surface area contributed by atoms with Gasteiger partial charge in [0.1, 0.15) is 11.9 Å². The van der Waals surface area contributed by atoms with E-state index in [0.29, 0.717) is 25.2 Å². The second kappa shape index (κ2) is 13.9. The smallest absolute Gasteiger partial charge is 0.475 e. The normalized spacial score (nSPS) is 13.2. The number of carboxylic acids is 1. The van der Waals surface area contributed by atoms with Gasteiger partial charge >= 0.3 is 12.1 Å². The number of hydrogen-bond acceptors (Lipinski definition) is 7. The lowest BCUT2D eigenvalue weighted by Gasteiger charge is -2.17. The quantitative estimate of drug-likeness (QED) is 0.189. The SMILES string of the molecule is NC(=O)C(=O)C(Cc1ccccc1)NC(=O)c1cccnc1-n1ccc(CN2Cc3cccc(F)c3C2)n1.O=C(O)C(F)(F)F. The fourth-order valence-electron chi connectivity index (χ4n) is 4.58. The summed E-state index contributed by atoms with van der Waals surface area (Å²) in [5, 5.41) is 14.3. The van der Waals surface area contributed by atoms with E-state index in [4.69, 9.17) is 15.6 Å². The average molecular weight is 627 g/mol. The number of fused-ring (bicyclic) bond motifs is 1. The third-order valence-corrected chi connectivity index (χ3v) is 6.66. The zero-order chi connectivity index (χ0) is 32.7. The molecule has 234 valence electrons. The molecule has 1 aliphatic rings. The Labute approximate surface area is 253 Å². The van der Waals surface area contributed by atoms with Crippen molar-refractivity contribution in [3.63, 3.8) is 0 Å². The van der Waals surface area contributed by atoms with Crippen molar-refractivity contribution in [1.29, 1.82) is 0 Å². The Balaban J connectivity index is 0.000000591. The summed E-state index contributed by atoms with van der Waals surface area (Å²) in [6.07, 6.45) is -1.76. The Bertz CT molecular complexity index is 1710. The number of rotatable bonds is 9. The monoisotopic (exact) mass is 626 g/mol. The molecule has 0 saturated carbocycles. The van der Waals surface area contributed by atoms with Gasteiger partial charge in [-0.05, 0) is 35.4 Å². The third-order valence-electron chi connectivity index (χ3n) is 6.66. The van der Waals surface area contributed by atoms with Crippen molar-refractivity contribution in [3.8, 4) is 5.82 Å². The first-order chi connectivity index (χ1) is 21.3. The van der Waals surface area contributed by atoms with E-state index in [0.717, 1.165) is 16.8 Å². The number of ketones is 1. The van der Waals surface area contributed by atoms with Gasteiger partial charge in [0, 0.05) is 44.0 Å². The Morgan fingerprint density at radius 1 is 0.978 bits per heavy atom. The van der Waals surface area contributed by atoms with Crippen molar-refractivity contribution in [2.24, 2.45) is 5.73 Å². The minimum absolute atomic E-state index is 0.106. The molecule has 1 aliphatic heterocycles. The Hall–Kier alpha value is -5.44. The number of aliphatic carboxylic acids is 1. The van der Waals surface area contributed by atoms with Gasteiger partial charge in [0.05, 0.1) is 11.3 Å². The summed E-state index contributed by atoms with van der Waals surface area (Å²) in [5.41, 5.74) is 8.56. The summed E-state index contributed by atoms with van der Waals surface area (Å²) in [6, 6.07) is 17.9. The average Bonchev–Trinajstić information content (AvgIpc) is 3.64. The fourth-order valence-corrected chi connectivity index (χ4v) is 4.58. The number of aromatic nitrogens is 3. The lowest BCUT2D eigenvalue weighted by Crippen LogP contribution is -2.47. The first kappa shape index (κ1) is 32.5. The van der Waals surface area contributed by atoms with Gasteiger partial charge in [-0.3, -0.25) is 19.3 Å². The molecule has 4 N–H and O–H groups in total. The number of nitrogens with two attached hydrogens (primary N) is 1. The van der Waals surface area contributed by atoms with E-state index in [9.17, 15) is 31.9 Å². The van der Waals surface area contributed by atoms with E-state index in [-0.39, 0.29) is 23.6 Å². The molecule has 0 saturated heterocycles. The summed E-state index contributed by atoms with van der Waals surface area (Å²) >= 11 is 0. The van der Waals surface area contributed by atoms with Crippen LogP contribution in [0.25, 0.3) is 5.82 Å². The highest BCUT2D eigenvalue weighted by Gasteiger charge is 2.38. The lowest BCUT2D eigenvalue weighted by molar-refractivity contribution is -0.192.